The van der Waals surface area contributed by atoms with Crippen molar-refractivity contribution in [3.63, 3.8) is 0 Å². The SMILES string of the molecule is CCN1CCCCC1C(=O)N1CCC(CCC(=O)N(C)Cc2ccccc2)CC1. The van der Waals surface area contributed by atoms with Gasteiger partial charge in [0.25, 0.3) is 0 Å². The Bertz CT molecular complexity index is 655. The number of piperidine rings is 2. The lowest BCUT2D eigenvalue weighted by Crippen LogP contribution is -2.52. The molecule has 1 unspecified atom stereocenters. The van der Waals surface area contributed by atoms with Gasteiger partial charge in [-0.15, -0.1) is 0 Å². The van der Waals surface area contributed by atoms with E-state index < -0.39 is 0 Å². The standard InChI is InChI=1S/C24H37N3O2/c1-3-26-16-8-7-11-22(26)24(29)27-17-14-20(15-18-27)12-13-23(28)25(2)19-21-9-5-4-6-10-21/h4-6,9-10,20,22H,3,7-8,11-19H2,1-2H3. The molecule has 0 aromatic heterocycles. The zero-order valence-corrected chi connectivity index (χ0v) is 18.2. The summed E-state index contributed by atoms with van der Waals surface area (Å²) in [5.74, 6) is 1.11. The van der Waals surface area contributed by atoms with Gasteiger partial charge in [-0.2, -0.15) is 0 Å². The Morgan fingerprint density at radius 2 is 1.76 bits per heavy atom. The lowest BCUT2D eigenvalue weighted by molar-refractivity contribution is -0.140. The first-order chi connectivity index (χ1) is 14.1. The maximum atomic E-state index is 13.0. The van der Waals surface area contributed by atoms with Gasteiger partial charge in [0.2, 0.25) is 11.8 Å². The summed E-state index contributed by atoms with van der Waals surface area (Å²) >= 11 is 0. The fourth-order valence-electron chi connectivity index (χ4n) is 4.77. The highest BCUT2D eigenvalue weighted by molar-refractivity contribution is 5.82. The largest absolute Gasteiger partial charge is 0.341 e. The molecule has 1 aromatic carbocycles. The molecule has 2 aliphatic heterocycles. The summed E-state index contributed by atoms with van der Waals surface area (Å²) in [4.78, 5) is 31.7. The van der Waals surface area contributed by atoms with E-state index in [0.717, 1.165) is 51.9 Å². The van der Waals surface area contributed by atoms with E-state index in [-0.39, 0.29) is 11.9 Å². The van der Waals surface area contributed by atoms with Crippen molar-refractivity contribution in [3.8, 4) is 0 Å². The second-order valence-electron chi connectivity index (χ2n) is 8.68. The molecule has 3 rings (SSSR count). The van der Waals surface area contributed by atoms with Crippen molar-refractivity contribution in [3.05, 3.63) is 35.9 Å². The minimum absolute atomic E-state index is 0.0958. The molecule has 2 fully saturated rings. The van der Waals surface area contributed by atoms with Crippen molar-refractivity contribution < 1.29 is 9.59 Å². The molecule has 29 heavy (non-hydrogen) atoms. The number of nitrogens with zero attached hydrogens (tertiary/aromatic N) is 3. The molecule has 0 radical (unpaired) electrons. The van der Waals surface area contributed by atoms with Crippen LogP contribution in [0.4, 0.5) is 0 Å². The van der Waals surface area contributed by atoms with Crippen LogP contribution in [0.3, 0.4) is 0 Å². The quantitative estimate of drug-likeness (QED) is 0.704. The molecule has 2 heterocycles. The van der Waals surface area contributed by atoms with Gasteiger partial charge in [0.1, 0.15) is 0 Å². The van der Waals surface area contributed by atoms with Gasteiger partial charge >= 0.3 is 0 Å². The third-order valence-corrected chi connectivity index (χ3v) is 6.69. The third-order valence-electron chi connectivity index (χ3n) is 6.69. The van der Waals surface area contributed by atoms with Gasteiger partial charge in [0.15, 0.2) is 0 Å². The molecule has 2 saturated heterocycles. The Morgan fingerprint density at radius 3 is 2.45 bits per heavy atom. The Kier molecular flexibility index (Phi) is 8.10. The molecule has 0 N–H and O–H groups in total. The lowest BCUT2D eigenvalue weighted by Gasteiger charge is -2.39. The maximum absolute atomic E-state index is 13.0. The molecular formula is C24H37N3O2. The number of hydrogen-bond acceptors (Lipinski definition) is 3. The van der Waals surface area contributed by atoms with E-state index in [0.29, 0.717) is 24.8 Å². The molecule has 1 aromatic rings. The second-order valence-corrected chi connectivity index (χ2v) is 8.68. The summed E-state index contributed by atoms with van der Waals surface area (Å²) in [6.45, 7) is 6.55. The second kappa shape index (κ2) is 10.8. The normalized spacial score (nSPS) is 21.2. The van der Waals surface area contributed by atoms with E-state index in [4.69, 9.17) is 0 Å². The highest BCUT2D eigenvalue weighted by Crippen LogP contribution is 2.25. The molecule has 5 nitrogen and oxygen atoms in total. The Labute approximate surface area is 176 Å². The molecule has 1 atom stereocenters. The van der Waals surface area contributed by atoms with Gasteiger partial charge in [-0.25, -0.2) is 0 Å². The van der Waals surface area contributed by atoms with Gasteiger partial charge in [-0.05, 0) is 56.7 Å². The van der Waals surface area contributed by atoms with E-state index in [9.17, 15) is 9.59 Å². The molecular weight excluding hydrogens is 362 g/mol. The molecule has 0 aliphatic carbocycles. The van der Waals surface area contributed by atoms with Crippen LogP contribution in [0, 0.1) is 5.92 Å². The number of rotatable bonds is 7. The molecule has 0 spiro atoms. The van der Waals surface area contributed by atoms with Crippen molar-refractivity contribution in [2.45, 2.75) is 64.5 Å². The van der Waals surface area contributed by atoms with Gasteiger partial charge in [-0.1, -0.05) is 43.7 Å². The summed E-state index contributed by atoms with van der Waals surface area (Å²) in [6.07, 6.45) is 6.99. The van der Waals surface area contributed by atoms with Crippen LogP contribution in [0.2, 0.25) is 0 Å². The average molecular weight is 400 g/mol. The van der Waals surface area contributed by atoms with Crippen LogP contribution in [-0.2, 0) is 16.1 Å². The zero-order chi connectivity index (χ0) is 20.6. The minimum atomic E-state index is 0.0958. The first-order valence-electron chi connectivity index (χ1n) is 11.4. The summed E-state index contributed by atoms with van der Waals surface area (Å²) in [7, 11) is 1.89. The third kappa shape index (κ3) is 6.05. The molecule has 0 saturated carbocycles. The number of benzene rings is 1. The number of amides is 2. The van der Waals surface area contributed by atoms with Gasteiger partial charge < -0.3 is 9.80 Å². The average Bonchev–Trinajstić information content (AvgIpc) is 2.78. The first kappa shape index (κ1) is 21.8. The number of hydrogen-bond donors (Lipinski definition) is 0. The zero-order valence-electron chi connectivity index (χ0n) is 18.2. The molecule has 5 heteroatoms. The lowest BCUT2D eigenvalue weighted by atomic mass is 9.91. The van der Waals surface area contributed by atoms with E-state index in [1.165, 1.54) is 18.4 Å². The number of likely N-dealkylation sites (tertiary alicyclic amines) is 2. The fraction of sp³-hybridized carbons (Fsp3) is 0.667. The molecule has 2 aliphatic rings. The minimum Gasteiger partial charge on any atom is -0.341 e. The summed E-state index contributed by atoms with van der Waals surface area (Å²) in [6, 6.07) is 10.2. The Hall–Kier alpha value is -1.88. The van der Waals surface area contributed by atoms with Crippen LogP contribution in [-0.4, -0.2) is 65.8 Å². The van der Waals surface area contributed by atoms with Crippen molar-refractivity contribution in [1.82, 2.24) is 14.7 Å². The van der Waals surface area contributed by atoms with Crippen LogP contribution >= 0.6 is 0 Å². The van der Waals surface area contributed by atoms with Gasteiger partial charge in [0, 0.05) is 33.1 Å². The van der Waals surface area contributed by atoms with Gasteiger partial charge in [0.05, 0.1) is 6.04 Å². The van der Waals surface area contributed by atoms with Crippen LogP contribution in [0.1, 0.15) is 57.4 Å². The highest BCUT2D eigenvalue weighted by atomic mass is 16.2. The van der Waals surface area contributed by atoms with Crippen molar-refractivity contribution in [2.75, 3.05) is 33.2 Å². The smallest absolute Gasteiger partial charge is 0.239 e. The topological polar surface area (TPSA) is 43.9 Å². The van der Waals surface area contributed by atoms with E-state index in [1.54, 1.807) is 0 Å². The summed E-state index contributed by atoms with van der Waals surface area (Å²) in [5.41, 5.74) is 1.17. The van der Waals surface area contributed by atoms with Crippen molar-refractivity contribution >= 4 is 11.8 Å². The van der Waals surface area contributed by atoms with E-state index >= 15 is 0 Å². The van der Waals surface area contributed by atoms with Crippen LogP contribution in [0.5, 0.6) is 0 Å². The maximum Gasteiger partial charge on any atom is 0.239 e. The van der Waals surface area contributed by atoms with Gasteiger partial charge in [-0.3, -0.25) is 14.5 Å². The monoisotopic (exact) mass is 399 g/mol. The fourth-order valence-corrected chi connectivity index (χ4v) is 4.77. The van der Waals surface area contributed by atoms with Crippen LogP contribution in [0.25, 0.3) is 0 Å². The molecule has 2 amide bonds. The van der Waals surface area contributed by atoms with Crippen molar-refractivity contribution in [1.29, 1.82) is 0 Å². The number of carbonyl (C=O) groups excluding carboxylic acids is 2. The van der Waals surface area contributed by atoms with Crippen LogP contribution < -0.4 is 0 Å². The molecule has 0 bridgehead atoms. The predicted molar refractivity (Wildman–Crippen MR) is 116 cm³/mol. The predicted octanol–water partition coefficient (Wildman–Crippen LogP) is 3.54. The summed E-state index contributed by atoms with van der Waals surface area (Å²) in [5, 5.41) is 0. The van der Waals surface area contributed by atoms with Crippen molar-refractivity contribution in [2.24, 2.45) is 5.92 Å². The van der Waals surface area contributed by atoms with E-state index in [2.05, 4.69) is 28.9 Å². The Balaban J connectivity index is 1.39. The van der Waals surface area contributed by atoms with Crippen LogP contribution in [0.15, 0.2) is 30.3 Å². The molecule has 160 valence electrons. The Morgan fingerprint density at radius 1 is 1.03 bits per heavy atom. The number of carbonyl (C=O) groups is 2. The first-order valence-corrected chi connectivity index (χ1v) is 11.4. The highest BCUT2D eigenvalue weighted by Gasteiger charge is 2.32. The summed E-state index contributed by atoms with van der Waals surface area (Å²) < 4.78 is 0. The number of likely N-dealkylation sites (N-methyl/N-ethyl adjacent to an activating group) is 1. The van der Waals surface area contributed by atoms with E-state index in [1.807, 2.05) is 30.1 Å².